The Morgan fingerprint density at radius 3 is 2.34 bits per heavy atom. The average molecular weight is 737 g/mol. The van der Waals surface area contributed by atoms with E-state index in [1.165, 1.54) is 7.11 Å². The maximum absolute atomic E-state index is 14.9. The van der Waals surface area contributed by atoms with Crippen LogP contribution in [0.1, 0.15) is 88.0 Å². The van der Waals surface area contributed by atoms with E-state index in [4.69, 9.17) is 24.7 Å². The Bertz CT molecular complexity index is 1670. The van der Waals surface area contributed by atoms with E-state index >= 15 is 0 Å². The van der Waals surface area contributed by atoms with Crippen LogP contribution in [0.3, 0.4) is 0 Å². The second kappa shape index (κ2) is 14.1. The van der Waals surface area contributed by atoms with Gasteiger partial charge in [0.15, 0.2) is 11.9 Å². The molecule has 15 atom stereocenters. The fraction of sp³-hybridized carbons (Fsp3) is 0.690. The van der Waals surface area contributed by atoms with Gasteiger partial charge in [-0.2, -0.15) is 0 Å². The van der Waals surface area contributed by atoms with Crippen molar-refractivity contribution < 1.29 is 43.5 Å². The lowest BCUT2D eigenvalue weighted by atomic mass is 9.49. The number of hydrogen-bond acceptors (Lipinski definition) is 10. The van der Waals surface area contributed by atoms with E-state index in [1.54, 1.807) is 0 Å². The van der Waals surface area contributed by atoms with Gasteiger partial charge in [0.05, 0.1) is 31.5 Å². The van der Waals surface area contributed by atoms with E-state index in [-0.39, 0.29) is 53.8 Å². The number of ether oxygens (including phenoxy) is 4. The Labute approximate surface area is 314 Å². The van der Waals surface area contributed by atoms with Crippen molar-refractivity contribution in [2.24, 2.45) is 52.6 Å². The highest BCUT2D eigenvalue weighted by atomic mass is 16.7. The Kier molecular flexibility index (Phi) is 10.5. The lowest BCUT2D eigenvalue weighted by Gasteiger charge is -2.55. The Morgan fingerprint density at radius 2 is 1.68 bits per heavy atom. The molecular weight excluding hydrogens is 676 g/mol. The number of amides is 1. The molecule has 2 saturated heterocycles. The molecule has 0 aromatic heterocycles. The number of nitrogens with one attached hydrogen (secondary N) is 1. The molecule has 0 aromatic rings. The van der Waals surface area contributed by atoms with Crippen LogP contribution in [0, 0.1) is 46.8 Å². The fourth-order valence-corrected chi connectivity index (χ4v) is 10.8. The molecule has 4 aliphatic carbocycles. The summed E-state index contributed by atoms with van der Waals surface area (Å²) in [5, 5.41) is 26.9. The molecule has 2 aliphatic heterocycles. The van der Waals surface area contributed by atoms with Crippen LogP contribution in [0.2, 0.25) is 0 Å². The summed E-state index contributed by atoms with van der Waals surface area (Å²) < 4.78 is 24.2. The molecule has 2 heterocycles. The van der Waals surface area contributed by atoms with Crippen molar-refractivity contribution in [1.82, 2.24) is 5.32 Å². The highest BCUT2D eigenvalue weighted by Crippen LogP contribution is 2.60. The van der Waals surface area contributed by atoms with E-state index in [2.05, 4.69) is 24.4 Å². The quantitative estimate of drug-likeness (QED) is 0.154. The minimum atomic E-state index is -1.54. The van der Waals surface area contributed by atoms with Crippen molar-refractivity contribution >= 4 is 17.8 Å². The van der Waals surface area contributed by atoms with Gasteiger partial charge in [0.2, 0.25) is 5.78 Å². The summed E-state index contributed by atoms with van der Waals surface area (Å²) in [6.07, 6.45) is 8.97. The third kappa shape index (κ3) is 6.53. The first-order valence-electron chi connectivity index (χ1n) is 19.3. The van der Waals surface area contributed by atoms with Gasteiger partial charge in [-0.15, -0.1) is 0 Å². The van der Waals surface area contributed by atoms with Gasteiger partial charge in [-0.1, -0.05) is 69.2 Å². The highest BCUT2D eigenvalue weighted by molar-refractivity contribution is 6.26. The molecule has 15 unspecified atom stereocenters. The van der Waals surface area contributed by atoms with Crippen molar-refractivity contribution in [3.63, 3.8) is 0 Å². The molecule has 0 aromatic carbocycles. The summed E-state index contributed by atoms with van der Waals surface area (Å²) >= 11 is 0. The van der Waals surface area contributed by atoms with Crippen LogP contribution >= 0.6 is 0 Å². The number of esters is 1. The van der Waals surface area contributed by atoms with E-state index in [1.807, 2.05) is 73.6 Å². The predicted molar refractivity (Wildman–Crippen MR) is 199 cm³/mol. The fourth-order valence-electron chi connectivity index (χ4n) is 10.8. The lowest BCUT2D eigenvalue weighted by molar-refractivity contribution is -0.224. The van der Waals surface area contributed by atoms with Gasteiger partial charge in [-0.05, 0) is 76.7 Å². The SMILES string of the molecule is COC(=O)NC1C(C)OC(OC2CC=C(C)C3C=CC4C(O)C(C)CC(C)C4C3(C)C(O)=C3C(=O)OC4(CC(C)C(C)=CC4C=C2C)C3=O)CC1(C)N. The van der Waals surface area contributed by atoms with Crippen LogP contribution in [0.4, 0.5) is 4.79 Å². The molecule has 53 heavy (non-hydrogen) atoms. The largest absolute Gasteiger partial charge is 0.511 e. The number of methoxy groups -OCH3 is 1. The van der Waals surface area contributed by atoms with Crippen LogP contribution < -0.4 is 11.1 Å². The number of aliphatic hydroxyl groups is 2. The standard InChI is InChI=1S/C42H60N2O9/c1-20-11-14-30(52-31-19-40(8,43)35(26(7)51-31)44-39(49)50-10)22(3)17-27-16-21(2)25(6)18-42(27)37(47)32(38(48)53-42)36(46)41(9)29(20)13-12-28-33(41)23(4)15-24(5)34(28)45/h11-13,16-17,23-31,33-35,45-46H,14-15,18-19,43H2,1-10H3,(H,44,49). The number of fused-ring (bicyclic) bond motifs is 4. The number of alkyl carbamates (subject to hydrolysis) is 1. The van der Waals surface area contributed by atoms with Crippen LogP contribution in [-0.2, 0) is 28.5 Å². The van der Waals surface area contributed by atoms with E-state index in [0.29, 0.717) is 6.42 Å². The maximum Gasteiger partial charge on any atom is 0.407 e. The number of hydrogen-bond donors (Lipinski definition) is 4. The molecule has 5 N–H and O–H groups in total. The van der Waals surface area contributed by atoms with E-state index in [9.17, 15) is 24.6 Å². The van der Waals surface area contributed by atoms with Crippen LogP contribution in [0.15, 0.2) is 58.4 Å². The zero-order chi connectivity index (χ0) is 38.9. The summed E-state index contributed by atoms with van der Waals surface area (Å²) in [5.41, 5.74) is 5.83. The van der Waals surface area contributed by atoms with Crippen LogP contribution in [-0.4, -0.2) is 77.0 Å². The highest BCUT2D eigenvalue weighted by Gasteiger charge is 2.63. The first kappa shape index (κ1) is 39.4. The normalized spacial score (nSPS) is 45.8. The molecule has 292 valence electrons. The van der Waals surface area contributed by atoms with Gasteiger partial charge in [-0.3, -0.25) is 4.79 Å². The van der Waals surface area contributed by atoms with Crippen molar-refractivity contribution in [2.45, 2.75) is 130 Å². The number of nitrogens with two attached hydrogens (primary N) is 1. The van der Waals surface area contributed by atoms with Crippen LogP contribution in [0.25, 0.3) is 0 Å². The summed E-state index contributed by atoms with van der Waals surface area (Å²) in [6.45, 7) is 17.8. The van der Waals surface area contributed by atoms with Gasteiger partial charge in [0.25, 0.3) is 0 Å². The first-order chi connectivity index (χ1) is 24.8. The smallest absolute Gasteiger partial charge is 0.407 e. The number of carbonyl (C=O) groups is 3. The predicted octanol–water partition coefficient (Wildman–Crippen LogP) is 5.99. The Morgan fingerprint density at radius 1 is 1.00 bits per heavy atom. The molecule has 3 fully saturated rings. The molecule has 1 spiro atoms. The molecule has 6 rings (SSSR count). The monoisotopic (exact) mass is 736 g/mol. The van der Waals surface area contributed by atoms with Gasteiger partial charge < -0.3 is 40.2 Å². The molecule has 0 radical (unpaired) electrons. The minimum Gasteiger partial charge on any atom is -0.511 e. The zero-order valence-corrected chi connectivity index (χ0v) is 33.0. The molecule has 1 amide bonds. The number of aliphatic hydroxyl groups excluding tert-OH is 2. The summed E-state index contributed by atoms with van der Waals surface area (Å²) in [5.74, 6) is -3.02. The number of allylic oxidation sites excluding steroid dienone is 4. The first-order valence-corrected chi connectivity index (χ1v) is 19.3. The molecule has 11 nitrogen and oxygen atoms in total. The molecule has 11 heteroatoms. The maximum atomic E-state index is 14.9. The number of carbonyl (C=O) groups excluding carboxylic acids is 3. The van der Waals surface area contributed by atoms with Gasteiger partial charge in [0.1, 0.15) is 11.3 Å². The van der Waals surface area contributed by atoms with Gasteiger partial charge >= 0.3 is 12.1 Å². The Balaban J connectivity index is 1.48. The van der Waals surface area contributed by atoms with Gasteiger partial charge in [0, 0.05) is 41.5 Å². The summed E-state index contributed by atoms with van der Waals surface area (Å²) in [7, 11) is 1.30. The van der Waals surface area contributed by atoms with E-state index < -0.39 is 76.9 Å². The molecule has 6 aliphatic rings. The second-order valence-electron chi connectivity index (χ2n) is 17.6. The summed E-state index contributed by atoms with van der Waals surface area (Å²) in [4.78, 5) is 41.1. The molecule has 2 bridgehead atoms. The zero-order valence-electron chi connectivity index (χ0n) is 33.0. The minimum absolute atomic E-state index is 0.0453. The van der Waals surface area contributed by atoms with Gasteiger partial charge in [-0.25, -0.2) is 9.59 Å². The van der Waals surface area contributed by atoms with E-state index in [0.717, 1.165) is 23.1 Å². The number of Topliss-reactive ketones (excluding diaryl/α,β-unsaturated/α-hetero) is 1. The Hall–Kier alpha value is -3.25. The number of ketones is 1. The second-order valence-corrected chi connectivity index (χ2v) is 17.6. The lowest BCUT2D eigenvalue weighted by Crippen LogP contribution is -2.66. The topological polar surface area (TPSA) is 167 Å². The van der Waals surface area contributed by atoms with Crippen molar-refractivity contribution in [1.29, 1.82) is 0 Å². The third-order valence-electron chi connectivity index (χ3n) is 13.8. The van der Waals surface area contributed by atoms with Crippen molar-refractivity contribution in [2.75, 3.05) is 7.11 Å². The molecular formula is C42H60N2O9. The van der Waals surface area contributed by atoms with Crippen molar-refractivity contribution in [3.8, 4) is 0 Å². The average Bonchev–Trinajstić information content (AvgIpc) is 3.32. The van der Waals surface area contributed by atoms with Crippen molar-refractivity contribution in [3.05, 3.63) is 58.4 Å². The third-order valence-corrected chi connectivity index (χ3v) is 13.8. The van der Waals surface area contributed by atoms with Crippen LogP contribution in [0.5, 0.6) is 0 Å². The summed E-state index contributed by atoms with van der Waals surface area (Å²) in [6, 6.07) is -0.522. The molecule has 1 saturated carbocycles. The number of rotatable bonds is 3.